The van der Waals surface area contributed by atoms with Gasteiger partial charge in [-0.3, -0.25) is 9.59 Å². The summed E-state index contributed by atoms with van der Waals surface area (Å²) in [6.45, 7) is 2.35. The first kappa shape index (κ1) is 17.1. The van der Waals surface area contributed by atoms with Crippen molar-refractivity contribution in [3.05, 3.63) is 41.2 Å². The topological polar surface area (TPSA) is 66.8 Å². The van der Waals surface area contributed by atoms with Crippen LogP contribution in [0.3, 0.4) is 0 Å². The number of carbonyl (C=O) groups is 2. The third-order valence-electron chi connectivity index (χ3n) is 3.79. The van der Waals surface area contributed by atoms with Crippen molar-refractivity contribution in [1.82, 2.24) is 4.90 Å². The molecule has 124 valence electrons. The highest BCUT2D eigenvalue weighted by atomic mass is 19.1. The predicted molar refractivity (Wildman–Crippen MR) is 83.2 cm³/mol. The van der Waals surface area contributed by atoms with Crippen LogP contribution >= 0.6 is 0 Å². The number of halogens is 1. The number of hydrogen-bond acceptors (Lipinski definition) is 3. The summed E-state index contributed by atoms with van der Waals surface area (Å²) in [6.07, 6.45) is 2.89. The Kier molecular flexibility index (Phi) is 5.87. The van der Waals surface area contributed by atoms with Gasteiger partial charge in [0, 0.05) is 24.8 Å². The van der Waals surface area contributed by atoms with Gasteiger partial charge in [-0.05, 0) is 43.5 Å². The Morgan fingerprint density at radius 1 is 1.30 bits per heavy atom. The van der Waals surface area contributed by atoms with Crippen molar-refractivity contribution in [1.29, 1.82) is 0 Å². The molecule has 1 aliphatic heterocycles. The van der Waals surface area contributed by atoms with Crippen LogP contribution in [0.5, 0.6) is 0 Å². The van der Waals surface area contributed by atoms with E-state index in [-0.39, 0.29) is 24.3 Å². The molecule has 0 aromatic heterocycles. The summed E-state index contributed by atoms with van der Waals surface area (Å²) in [7, 11) is 0. The molecule has 0 saturated carbocycles. The van der Waals surface area contributed by atoms with Crippen LogP contribution in [0.15, 0.2) is 29.8 Å². The van der Waals surface area contributed by atoms with Crippen LogP contribution in [-0.2, 0) is 14.3 Å². The van der Waals surface area contributed by atoms with Crippen molar-refractivity contribution in [3.63, 3.8) is 0 Å². The molecule has 0 unspecified atom stereocenters. The lowest BCUT2D eigenvalue weighted by molar-refractivity contribution is -0.145. The number of benzene rings is 1. The number of rotatable bonds is 5. The fourth-order valence-electron chi connectivity index (χ4n) is 2.61. The molecule has 1 amide bonds. The molecule has 0 bridgehead atoms. The summed E-state index contributed by atoms with van der Waals surface area (Å²) in [5, 5.41) is 9.08. The van der Waals surface area contributed by atoms with Gasteiger partial charge in [-0.2, -0.15) is 0 Å². The van der Waals surface area contributed by atoms with E-state index < -0.39 is 5.97 Å². The van der Waals surface area contributed by atoms with E-state index in [0.29, 0.717) is 37.2 Å². The van der Waals surface area contributed by atoms with Crippen molar-refractivity contribution in [2.75, 3.05) is 19.8 Å². The molecule has 0 spiro atoms. The number of ether oxygens (including phenoxy) is 1. The normalized spacial score (nSPS) is 16.2. The van der Waals surface area contributed by atoms with Crippen molar-refractivity contribution in [3.8, 4) is 0 Å². The van der Waals surface area contributed by atoms with Gasteiger partial charge in [0.05, 0.1) is 0 Å². The fourth-order valence-corrected chi connectivity index (χ4v) is 2.61. The molecule has 2 rings (SSSR count). The minimum atomic E-state index is -1.04. The van der Waals surface area contributed by atoms with Crippen LogP contribution in [0.1, 0.15) is 25.3 Å². The maximum absolute atomic E-state index is 12.9. The Morgan fingerprint density at radius 3 is 2.48 bits per heavy atom. The molecule has 0 radical (unpaired) electrons. The van der Waals surface area contributed by atoms with Gasteiger partial charge >= 0.3 is 5.97 Å². The Morgan fingerprint density at radius 2 is 1.91 bits per heavy atom. The molecule has 23 heavy (non-hydrogen) atoms. The van der Waals surface area contributed by atoms with Gasteiger partial charge < -0.3 is 14.7 Å². The molecule has 0 aliphatic carbocycles. The van der Waals surface area contributed by atoms with Crippen LogP contribution in [0.25, 0.3) is 6.08 Å². The van der Waals surface area contributed by atoms with Crippen molar-refractivity contribution in [2.45, 2.75) is 25.8 Å². The minimum Gasteiger partial charge on any atom is -0.480 e. The van der Waals surface area contributed by atoms with Crippen molar-refractivity contribution < 1.29 is 23.8 Å². The second kappa shape index (κ2) is 7.87. The molecule has 1 aromatic rings. The van der Waals surface area contributed by atoms with Gasteiger partial charge in [0.2, 0.25) is 5.91 Å². The SMILES string of the molecule is CC(=Cc1ccc(F)cc1)C(=O)N(CC(=O)O)C1CCOCC1. The fraction of sp³-hybridized carbons (Fsp3) is 0.412. The third kappa shape index (κ3) is 4.89. The Labute approximate surface area is 134 Å². The first-order valence-electron chi connectivity index (χ1n) is 7.51. The van der Waals surface area contributed by atoms with Gasteiger partial charge in [-0.25, -0.2) is 4.39 Å². The zero-order valence-corrected chi connectivity index (χ0v) is 13.0. The lowest BCUT2D eigenvalue weighted by atomic mass is 10.0. The summed E-state index contributed by atoms with van der Waals surface area (Å²) in [6, 6.07) is 5.64. The Hall–Kier alpha value is -2.21. The third-order valence-corrected chi connectivity index (χ3v) is 3.79. The Balaban J connectivity index is 2.17. The van der Waals surface area contributed by atoms with Gasteiger partial charge in [-0.1, -0.05) is 12.1 Å². The molecule has 1 aliphatic rings. The average molecular weight is 321 g/mol. The summed E-state index contributed by atoms with van der Waals surface area (Å²) in [5.41, 5.74) is 1.11. The molecule has 5 nitrogen and oxygen atoms in total. The monoisotopic (exact) mass is 321 g/mol. The molecule has 1 fully saturated rings. The van der Waals surface area contributed by atoms with Crippen LogP contribution < -0.4 is 0 Å². The van der Waals surface area contributed by atoms with E-state index in [0.717, 1.165) is 0 Å². The molecular formula is C17H20FNO4. The summed E-state index contributed by atoms with van der Waals surface area (Å²) in [5.74, 6) is -1.70. The van der Waals surface area contributed by atoms with Crippen molar-refractivity contribution >= 4 is 18.0 Å². The number of carbonyl (C=O) groups excluding carboxylic acids is 1. The maximum atomic E-state index is 12.9. The highest BCUT2D eigenvalue weighted by Gasteiger charge is 2.28. The van der Waals surface area contributed by atoms with E-state index in [1.807, 2.05) is 0 Å². The number of aliphatic carboxylic acids is 1. The second-order valence-electron chi connectivity index (χ2n) is 5.55. The van der Waals surface area contributed by atoms with Crippen molar-refractivity contribution in [2.24, 2.45) is 0 Å². The van der Waals surface area contributed by atoms with Crippen LogP contribution in [-0.4, -0.2) is 47.7 Å². The van der Waals surface area contributed by atoms with Crippen LogP contribution in [0, 0.1) is 5.82 Å². The first-order valence-corrected chi connectivity index (χ1v) is 7.51. The van der Waals surface area contributed by atoms with Crippen LogP contribution in [0.4, 0.5) is 4.39 Å². The average Bonchev–Trinajstić information content (AvgIpc) is 2.54. The standard InChI is InChI=1S/C17H20FNO4/c1-12(10-13-2-4-14(18)5-3-13)17(22)19(11-16(20)21)15-6-8-23-9-7-15/h2-5,10,15H,6-9,11H2,1H3,(H,20,21). The maximum Gasteiger partial charge on any atom is 0.323 e. The van der Waals surface area contributed by atoms with Gasteiger partial charge in [-0.15, -0.1) is 0 Å². The van der Waals surface area contributed by atoms with E-state index in [1.54, 1.807) is 25.1 Å². The number of amides is 1. The molecule has 6 heteroatoms. The largest absolute Gasteiger partial charge is 0.480 e. The predicted octanol–water partition coefficient (Wildman–Crippen LogP) is 2.32. The number of carboxylic acids is 1. The van der Waals surface area contributed by atoms with Gasteiger partial charge in [0.15, 0.2) is 0 Å². The molecule has 1 N–H and O–H groups in total. The van der Waals surface area contributed by atoms with Gasteiger partial charge in [0.25, 0.3) is 0 Å². The zero-order chi connectivity index (χ0) is 16.8. The smallest absolute Gasteiger partial charge is 0.323 e. The quantitative estimate of drug-likeness (QED) is 0.845. The summed E-state index contributed by atoms with van der Waals surface area (Å²) < 4.78 is 18.2. The summed E-state index contributed by atoms with van der Waals surface area (Å²) >= 11 is 0. The van der Waals surface area contributed by atoms with Crippen LogP contribution in [0.2, 0.25) is 0 Å². The van der Waals surface area contributed by atoms with E-state index in [9.17, 15) is 14.0 Å². The van der Waals surface area contributed by atoms with E-state index >= 15 is 0 Å². The molecule has 1 saturated heterocycles. The van der Waals surface area contributed by atoms with E-state index in [1.165, 1.54) is 17.0 Å². The number of carboxylic acid groups (broad SMARTS) is 1. The zero-order valence-electron chi connectivity index (χ0n) is 13.0. The number of nitrogens with zero attached hydrogens (tertiary/aromatic N) is 1. The molecule has 1 heterocycles. The molecular weight excluding hydrogens is 301 g/mol. The van der Waals surface area contributed by atoms with E-state index in [4.69, 9.17) is 9.84 Å². The van der Waals surface area contributed by atoms with Gasteiger partial charge in [0.1, 0.15) is 12.4 Å². The number of hydrogen-bond donors (Lipinski definition) is 1. The van der Waals surface area contributed by atoms with E-state index in [2.05, 4.69) is 0 Å². The molecule has 1 aromatic carbocycles. The lowest BCUT2D eigenvalue weighted by Crippen LogP contribution is -2.46. The molecule has 0 atom stereocenters. The highest BCUT2D eigenvalue weighted by molar-refractivity contribution is 5.98. The highest BCUT2D eigenvalue weighted by Crippen LogP contribution is 2.18. The second-order valence-corrected chi connectivity index (χ2v) is 5.55. The lowest BCUT2D eigenvalue weighted by Gasteiger charge is -2.33. The minimum absolute atomic E-state index is 0.135. The summed E-state index contributed by atoms with van der Waals surface area (Å²) in [4.78, 5) is 25.1. The first-order chi connectivity index (χ1) is 11.0. The Bertz CT molecular complexity index is 591.